The van der Waals surface area contributed by atoms with Gasteiger partial charge in [-0.15, -0.1) is 0 Å². The Balaban J connectivity index is 1.44. The van der Waals surface area contributed by atoms with Crippen molar-refractivity contribution in [2.24, 2.45) is 11.8 Å². The highest BCUT2D eigenvalue weighted by molar-refractivity contribution is 9.10. The van der Waals surface area contributed by atoms with E-state index < -0.39 is 0 Å². The number of nitrogens with one attached hydrogen (secondary N) is 1. The van der Waals surface area contributed by atoms with Crippen molar-refractivity contribution in [2.75, 3.05) is 13.1 Å². The molecule has 1 aromatic carbocycles. The van der Waals surface area contributed by atoms with Crippen LogP contribution in [-0.4, -0.2) is 35.8 Å². The normalized spacial score (nSPS) is 23.2. The van der Waals surface area contributed by atoms with E-state index in [1.54, 1.807) is 0 Å². The minimum absolute atomic E-state index is 0.111. The number of hydrogen-bond donors (Lipinski definition) is 1. The lowest BCUT2D eigenvalue weighted by molar-refractivity contribution is -0.137. The van der Waals surface area contributed by atoms with Crippen LogP contribution in [0.15, 0.2) is 28.7 Å². The molecular weight excluding hydrogens is 392 g/mol. The molecule has 1 N–H and O–H groups in total. The Labute approximate surface area is 164 Å². The second-order valence-electron chi connectivity index (χ2n) is 7.62. The molecule has 1 aliphatic carbocycles. The van der Waals surface area contributed by atoms with Crippen LogP contribution in [0.25, 0.3) is 0 Å². The van der Waals surface area contributed by atoms with Gasteiger partial charge in [0.05, 0.1) is 0 Å². The van der Waals surface area contributed by atoms with Gasteiger partial charge in [-0.2, -0.15) is 0 Å². The highest BCUT2D eigenvalue weighted by atomic mass is 79.9. The SMILES string of the molecule is CCC(CC)C(=O)N1CCC(NC(=O)C2CC2c2ccc(Br)cc2)CC1. The van der Waals surface area contributed by atoms with E-state index in [1.165, 1.54) is 5.56 Å². The summed E-state index contributed by atoms with van der Waals surface area (Å²) in [7, 11) is 0. The predicted octanol–water partition coefficient (Wildman–Crippen LogP) is 4.10. The van der Waals surface area contributed by atoms with E-state index in [2.05, 4.69) is 47.2 Å². The number of amides is 2. The van der Waals surface area contributed by atoms with Gasteiger partial charge in [-0.05, 0) is 55.7 Å². The molecule has 1 aromatic rings. The minimum atomic E-state index is 0.111. The van der Waals surface area contributed by atoms with E-state index in [9.17, 15) is 9.59 Å². The van der Waals surface area contributed by atoms with Gasteiger partial charge in [-0.3, -0.25) is 9.59 Å². The first-order valence-corrected chi connectivity index (χ1v) is 10.7. The molecule has 3 rings (SSSR count). The number of hydrogen-bond acceptors (Lipinski definition) is 2. The van der Waals surface area contributed by atoms with Crippen LogP contribution in [0.3, 0.4) is 0 Å². The Hall–Kier alpha value is -1.36. The molecule has 0 radical (unpaired) electrons. The van der Waals surface area contributed by atoms with Crippen molar-refractivity contribution in [1.29, 1.82) is 0 Å². The van der Waals surface area contributed by atoms with Crippen molar-refractivity contribution in [2.45, 2.75) is 57.9 Å². The molecule has 142 valence electrons. The van der Waals surface area contributed by atoms with E-state index in [0.717, 1.165) is 49.7 Å². The van der Waals surface area contributed by atoms with Crippen molar-refractivity contribution in [3.8, 4) is 0 Å². The van der Waals surface area contributed by atoms with Crippen LogP contribution in [0.1, 0.15) is 57.4 Å². The van der Waals surface area contributed by atoms with Gasteiger partial charge in [0.25, 0.3) is 0 Å². The molecule has 0 spiro atoms. The summed E-state index contributed by atoms with van der Waals surface area (Å²) in [6.45, 7) is 5.69. The van der Waals surface area contributed by atoms with Gasteiger partial charge >= 0.3 is 0 Å². The van der Waals surface area contributed by atoms with E-state index in [1.807, 2.05) is 17.0 Å². The quantitative estimate of drug-likeness (QED) is 0.752. The molecule has 0 bridgehead atoms. The maximum Gasteiger partial charge on any atom is 0.225 e. The minimum Gasteiger partial charge on any atom is -0.353 e. The van der Waals surface area contributed by atoms with Gasteiger partial charge in [0.2, 0.25) is 11.8 Å². The fourth-order valence-corrected chi connectivity index (χ4v) is 4.28. The number of nitrogens with zero attached hydrogens (tertiary/aromatic N) is 1. The first-order valence-electron chi connectivity index (χ1n) is 9.88. The predicted molar refractivity (Wildman–Crippen MR) is 107 cm³/mol. The molecule has 2 amide bonds. The molecule has 5 heteroatoms. The third kappa shape index (κ3) is 4.48. The Kier molecular flexibility index (Phi) is 6.38. The largest absolute Gasteiger partial charge is 0.353 e. The molecule has 2 unspecified atom stereocenters. The lowest BCUT2D eigenvalue weighted by atomic mass is 9.98. The van der Waals surface area contributed by atoms with Crippen LogP contribution < -0.4 is 5.32 Å². The van der Waals surface area contributed by atoms with Crippen LogP contribution in [-0.2, 0) is 9.59 Å². The van der Waals surface area contributed by atoms with Gasteiger partial charge in [0.15, 0.2) is 0 Å². The zero-order chi connectivity index (χ0) is 18.7. The summed E-state index contributed by atoms with van der Waals surface area (Å²) in [6.07, 6.45) is 4.50. The van der Waals surface area contributed by atoms with Crippen molar-refractivity contribution < 1.29 is 9.59 Å². The fourth-order valence-electron chi connectivity index (χ4n) is 4.01. The van der Waals surface area contributed by atoms with Gasteiger partial charge in [0, 0.05) is 35.4 Å². The zero-order valence-corrected chi connectivity index (χ0v) is 17.3. The highest BCUT2D eigenvalue weighted by Gasteiger charge is 2.44. The Morgan fingerprint density at radius 2 is 1.77 bits per heavy atom. The van der Waals surface area contributed by atoms with Gasteiger partial charge in [-0.25, -0.2) is 0 Å². The van der Waals surface area contributed by atoms with Crippen molar-refractivity contribution in [1.82, 2.24) is 10.2 Å². The first kappa shape index (κ1) is 19.4. The number of carbonyl (C=O) groups is 2. The second kappa shape index (κ2) is 8.55. The molecule has 1 aliphatic heterocycles. The summed E-state index contributed by atoms with van der Waals surface area (Å²) in [5.41, 5.74) is 1.25. The molecule has 2 aliphatic rings. The van der Waals surface area contributed by atoms with Gasteiger partial charge in [0.1, 0.15) is 0 Å². The van der Waals surface area contributed by atoms with Gasteiger partial charge < -0.3 is 10.2 Å². The maximum atomic E-state index is 12.5. The summed E-state index contributed by atoms with van der Waals surface area (Å²) < 4.78 is 1.07. The number of benzene rings is 1. The summed E-state index contributed by atoms with van der Waals surface area (Å²) in [6, 6.07) is 8.48. The van der Waals surface area contributed by atoms with E-state index in [0.29, 0.717) is 5.92 Å². The van der Waals surface area contributed by atoms with Crippen molar-refractivity contribution >= 4 is 27.7 Å². The number of rotatable bonds is 6. The average molecular weight is 421 g/mol. The van der Waals surface area contributed by atoms with Crippen LogP contribution >= 0.6 is 15.9 Å². The molecule has 1 saturated heterocycles. The lowest BCUT2D eigenvalue weighted by Gasteiger charge is -2.34. The zero-order valence-electron chi connectivity index (χ0n) is 15.7. The van der Waals surface area contributed by atoms with Crippen molar-refractivity contribution in [3.63, 3.8) is 0 Å². The lowest BCUT2D eigenvalue weighted by Crippen LogP contribution is -2.48. The molecule has 2 fully saturated rings. The summed E-state index contributed by atoms with van der Waals surface area (Å²) in [4.78, 5) is 27.0. The number of halogens is 1. The molecule has 0 aromatic heterocycles. The van der Waals surface area contributed by atoms with E-state index in [-0.39, 0.29) is 29.7 Å². The first-order chi connectivity index (χ1) is 12.5. The third-order valence-corrected chi connectivity index (χ3v) is 6.44. The molecule has 1 saturated carbocycles. The summed E-state index contributed by atoms with van der Waals surface area (Å²) >= 11 is 3.45. The van der Waals surface area contributed by atoms with Gasteiger partial charge in [-0.1, -0.05) is 41.9 Å². The highest BCUT2D eigenvalue weighted by Crippen LogP contribution is 2.47. The van der Waals surface area contributed by atoms with Crippen LogP contribution in [0.4, 0.5) is 0 Å². The van der Waals surface area contributed by atoms with Crippen LogP contribution in [0.5, 0.6) is 0 Å². The Bertz CT molecular complexity index is 634. The molecule has 2 atom stereocenters. The number of carbonyl (C=O) groups excluding carboxylic acids is 2. The third-order valence-electron chi connectivity index (χ3n) is 5.91. The Morgan fingerprint density at radius 3 is 2.35 bits per heavy atom. The van der Waals surface area contributed by atoms with Crippen molar-refractivity contribution in [3.05, 3.63) is 34.3 Å². The number of likely N-dealkylation sites (tertiary alicyclic amines) is 1. The monoisotopic (exact) mass is 420 g/mol. The molecular formula is C21H29BrN2O2. The smallest absolute Gasteiger partial charge is 0.225 e. The molecule has 26 heavy (non-hydrogen) atoms. The second-order valence-corrected chi connectivity index (χ2v) is 8.54. The Morgan fingerprint density at radius 1 is 1.15 bits per heavy atom. The van der Waals surface area contributed by atoms with E-state index in [4.69, 9.17) is 0 Å². The summed E-state index contributed by atoms with van der Waals surface area (Å²) in [5, 5.41) is 3.22. The summed E-state index contributed by atoms with van der Waals surface area (Å²) in [5.74, 6) is 1.10. The van der Waals surface area contributed by atoms with E-state index >= 15 is 0 Å². The topological polar surface area (TPSA) is 49.4 Å². The standard InChI is InChI=1S/C21H29BrN2O2/c1-3-14(4-2)21(26)24-11-9-17(10-12-24)23-20(25)19-13-18(19)15-5-7-16(22)8-6-15/h5-8,14,17-19H,3-4,9-13H2,1-2H3,(H,23,25). The number of piperidine rings is 1. The maximum absolute atomic E-state index is 12.5. The molecule has 1 heterocycles. The van der Waals surface area contributed by atoms with Crippen LogP contribution in [0.2, 0.25) is 0 Å². The van der Waals surface area contributed by atoms with Crippen LogP contribution in [0, 0.1) is 11.8 Å². The fraction of sp³-hybridized carbons (Fsp3) is 0.619. The molecule has 4 nitrogen and oxygen atoms in total. The average Bonchev–Trinajstić information content (AvgIpc) is 3.45.